The molecule has 0 saturated carbocycles. The number of hydrogen-bond donors (Lipinski definition) is 6. The number of halogens is 3. The normalized spacial score (nSPS) is 14.3. The van der Waals surface area contributed by atoms with Crippen LogP contribution in [-0.2, 0) is 28.7 Å². The van der Waals surface area contributed by atoms with Crippen molar-refractivity contribution in [3.8, 4) is 0 Å². The third-order valence-electron chi connectivity index (χ3n) is 6.52. The molecule has 0 fully saturated rings. The maximum Gasteiger partial charge on any atom is 0.407 e. The van der Waals surface area contributed by atoms with Crippen LogP contribution in [0.5, 0.6) is 0 Å². The van der Waals surface area contributed by atoms with Gasteiger partial charge in [0.25, 0.3) is 0 Å². The van der Waals surface area contributed by atoms with Gasteiger partial charge >= 0.3 is 24.1 Å². The Morgan fingerprint density at radius 1 is 0.776 bits per heavy atom. The molecular formula is C31H52Cl3FmN5O9. The standard InChI is InChI=1S/C31H52Cl3N5O9.Fm/c1-17(2)20(13-14-22(40)48-30(7,8)9)36-25(41)21(12-10-11-15-35-29(46)47-16-31(32,33)34)37-26(42)23(18(3)4)38-28(45)39-24(19(5)6)27(43)44;/h13-14,17-21,23-24H,10-12,15-16H2,1-9H3,(H,35,46)(H,36,41)(H,37,42)(H,43,44)(H2,38,39,45);/b14-13+;/t20-,21+,23+,24+;/m1./s1. The Morgan fingerprint density at radius 2 is 1.33 bits per heavy atom. The van der Waals surface area contributed by atoms with Crippen LogP contribution in [-0.4, -0.2) is 87.7 Å². The van der Waals surface area contributed by atoms with Crippen molar-refractivity contribution < 1.29 is 43.3 Å². The van der Waals surface area contributed by atoms with Crippen LogP contribution in [0.15, 0.2) is 12.2 Å². The minimum atomic E-state index is -1.76. The summed E-state index contributed by atoms with van der Waals surface area (Å²) in [4.78, 5) is 75.3. The smallest absolute Gasteiger partial charge is 0.407 e. The van der Waals surface area contributed by atoms with Crippen LogP contribution < -0.4 is 26.6 Å². The van der Waals surface area contributed by atoms with Gasteiger partial charge in [0.05, 0.1) is 6.04 Å². The van der Waals surface area contributed by atoms with E-state index in [2.05, 4.69) is 26.6 Å². The molecule has 0 radical (unpaired) electrons. The number of rotatable bonds is 18. The van der Waals surface area contributed by atoms with Gasteiger partial charge in [-0.1, -0.05) is 82.4 Å². The second-order valence-corrected chi connectivity index (χ2v) is 15.8. The van der Waals surface area contributed by atoms with Crippen molar-refractivity contribution in [3.63, 3.8) is 0 Å². The Morgan fingerprint density at radius 3 is 1.80 bits per heavy atom. The Kier molecular flexibility index (Phi) is 21.1. The number of urea groups is 1. The molecule has 0 aromatic rings. The van der Waals surface area contributed by atoms with Gasteiger partial charge in [0, 0.05) is 12.6 Å². The van der Waals surface area contributed by atoms with Crippen molar-refractivity contribution in [1.82, 2.24) is 26.6 Å². The van der Waals surface area contributed by atoms with Gasteiger partial charge in [-0.05, 0) is 57.8 Å². The van der Waals surface area contributed by atoms with Crippen molar-refractivity contribution in [1.29, 1.82) is 0 Å². The topological polar surface area (TPSA) is 201 Å². The summed E-state index contributed by atoms with van der Waals surface area (Å²) in [6, 6.07) is -4.85. The number of carboxylic acid groups (broad SMARTS) is 1. The first-order valence-electron chi connectivity index (χ1n) is 15.7. The number of carbonyl (C=O) groups excluding carboxylic acids is 5. The Labute approximate surface area is 298 Å². The summed E-state index contributed by atoms with van der Waals surface area (Å²) >= 11 is 16.7. The molecule has 5 amide bonds. The van der Waals surface area contributed by atoms with Crippen molar-refractivity contribution >= 4 is 70.7 Å². The van der Waals surface area contributed by atoms with E-state index in [0.29, 0.717) is 12.8 Å². The van der Waals surface area contributed by atoms with E-state index in [1.165, 1.54) is 12.2 Å². The number of nitrogens with one attached hydrogen (secondary N) is 5. The first-order valence-corrected chi connectivity index (χ1v) is 16.9. The number of aliphatic carboxylic acids is 1. The largest absolute Gasteiger partial charge is 0.480 e. The monoisotopic (exact) mass is 1000 g/mol. The second-order valence-electron chi connectivity index (χ2n) is 13.2. The number of carbonyl (C=O) groups is 6. The third kappa shape index (κ3) is 21.6. The molecule has 0 aliphatic heterocycles. The van der Waals surface area contributed by atoms with Crippen molar-refractivity contribution in [2.45, 2.75) is 115 Å². The van der Waals surface area contributed by atoms with E-state index in [1.807, 2.05) is 13.8 Å². The maximum atomic E-state index is 13.6. The van der Waals surface area contributed by atoms with E-state index >= 15 is 0 Å². The van der Waals surface area contributed by atoms with E-state index in [1.54, 1.807) is 48.5 Å². The molecule has 0 saturated heterocycles. The van der Waals surface area contributed by atoms with Crippen LogP contribution >= 0.6 is 34.8 Å². The van der Waals surface area contributed by atoms with Gasteiger partial charge in [0.1, 0.15) is 30.3 Å². The summed E-state index contributed by atoms with van der Waals surface area (Å²) in [5.74, 6) is -4.04. The predicted octanol–water partition coefficient (Wildman–Crippen LogP) is 4.21. The molecule has 4 atom stereocenters. The average molecular weight is 1000 g/mol. The molecule has 0 unspecified atom stereocenters. The fourth-order valence-electron chi connectivity index (χ4n) is 3.99. The fourth-order valence-corrected chi connectivity index (χ4v) is 4.15. The summed E-state index contributed by atoms with van der Waals surface area (Å²) in [7, 11) is 0. The Hall–Kier alpha value is -3.97. The van der Waals surface area contributed by atoms with E-state index in [-0.39, 0.29) is 18.9 Å². The number of alkyl carbamates (subject to hydrolysis) is 1. The van der Waals surface area contributed by atoms with Crippen LogP contribution in [0, 0.1) is 17.8 Å². The van der Waals surface area contributed by atoms with Gasteiger partial charge in [-0.25, -0.2) is 19.2 Å². The first-order chi connectivity index (χ1) is 21.9. The van der Waals surface area contributed by atoms with Gasteiger partial charge < -0.3 is 41.2 Å². The molecule has 0 aliphatic rings. The van der Waals surface area contributed by atoms with Crippen molar-refractivity contribution in [2.75, 3.05) is 13.2 Å². The number of hydrogen-bond acceptors (Lipinski definition) is 8. The molecule has 288 valence electrons. The molecule has 0 aromatic heterocycles. The molecular weight excluding hydrogens is 950 g/mol. The third-order valence-corrected chi connectivity index (χ3v) is 6.84. The first kappa shape index (κ1) is 47.1. The van der Waals surface area contributed by atoms with E-state index in [0.717, 1.165) is 0 Å². The summed E-state index contributed by atoms with van der Waals surface area (Å²) < 4.78 is 8.35. The minimum Gasteiger partial charge on any atom is -0.480 e. The molecule has 0 heterocycles. The second kappa shape index (κ2) is 21.9. The summed E-state index contributed by atoms with van der Waals surface area (Å²) in [6.45, 7) is 15.2. The molecule has 0 aliphatic carbocycles. The number of amides is 5. The maximum absolute atomic E-state index is 13.6. The summed E-state index contributed by atoms with van der Waals surface area (Å²) in [6.07, 6.45) is 2.82. The van der Waals surface area contributed by atoms with Crippen LogP contribution in [0.2, 0.25) is 0 Å². The molecule has 14 nitrogen and oxygen atoms in total. The van der Waals surface area contributed by atoms with Gasteiger partial charge in [-0.2, -0.15) is 0 Å². The van der Waals surface area contributed by atoms with E-state index < -0.39 is 87.9 Å². The predicted molar refractivity (Wildman–Crippen MR) is 184 cm³/mol. The molecule has 0 aromatic carbocycles. The minimum absolute atomic E-state index is 0. The average Bonchev–Trinajstić information content (AvgIpc) is 2.92. The number of unbranched alkanes of at least 4 members (excludes halogenated alkanes) is 1. The van der Waals surface area contributed by atoms with E-state index in [9.17, 15) is 33.9 Å². The summed E-state index contributed by atoms with van der Waals surface area (Å²) in [5.41, 5.74) is -0.705. The zero-order valence-electron chi connectivity index (χ0n) is 29.4. The van der Waals surface area contributed by atoms with E-state index in [4.69, 9.17) is 44.3 Å². The summed E-state index contributed by atoms with van der Waals surface area (Å²) in [5, 5.41) is 22.3. The molecule has 49 heavy (non-hydrogen) atoms. The molecule has 0 spiro atoms. The fraction of sp³-hybridized carbons (Fsp3) is 0.742. The van der Waals surface area contributed by atoms with Gasteiger partial charge in [-0.3, -0.25) is 9.59 Å². The SMILES string of the molecule is CC(C)[C@H](NC(=O)N[C@H](C(=O)N[C@@H](CCCCNC(=O)OCC(Cl)(Cl)Cl)C(=O)N[C@H](/C=C/C(=O)OC(C)(C)C)C(C)C)C(C)C)C(=O)O.[Fm]. The zero-order chi connectivity index (χ0) is 37.4. The number of ether oxygens (including phenoxy) is 2. The number of alkyl halides is 3. The van der Waals surface area contributed by atoms with Crippen molar-refractivity contribution in [2.24, 2.45) is 17.8 Å². The van der Waals surface area contributed by atoms with Crippen LogP contribution in [0.3, 0.4) is 0 Å². The molecule has 0 bridgehead atoms. The molecule has 6 N–H and O–H groups in total. The van der Waals surface area contributed by atoms with Crippen molar-refractivity contribution in [3.05, 3.63) is 12.2 Å². The Bertz CT molecular complexity index is 1130. The van der Waals surface area contributed by atoms with Crippen LogP contribution in [0.4, 0.5) is 9.59 Å². The molecule has 0 rings (SSSR count). The quantitative estimate of drug-likeness (QED) is 0.0504. The van der Waals surface area contributed by atoms with Crippen LogP contribution in [0.25, 0.3) is 0 Å². The van der Waals surface area contributed by atoms with Gasteiger partial charge in [0.2, 0.25) is 15.6 Å². The number of carboxylic acids is 1. The Balaban J connectivity index is 0. The number of esters is 1. The van der Waals surface area contributed by atoms with Gasteiger partial charge in [-0.15, -0.1) is 0 Å². The van der Waals surface area contributed by atoms with Crippen LogP contribution in [0.1, 0.15) is 81.6 Å². The van der Waals surface area contributed by atoms with Gasteiger partial charge in [0.15, 0.2) is 0 Å². The molecule has 18 heteroatoms. The zero-order valence-corrected chi connectivity index (χ0v) is 34.0.